The summed E-state index contributed by atoms with van der Waals surface area (Å²) in [7, 11) is 1.63. The molecular weight excluding hydrogens is 416 g/mol. The van der Waals surface area contributed by atoms with Crippen molar-refractivity contribution in [3.63, 3.8) is 0 Å². The van der Waals surface area contributed by atoms with Gasteiger partial charge in [-0.1, -0.05) is 52.9 Å². The van der Waals surface area contributed by atoms with Gasteiger partial charge in [-0.25, -0.2) is 0 Å². The van der Waals surface area contributed by atoms with Crippen molar-refractivity contribution >= 4 is 51.4 Å². The van der Waals surface area contributed by atoms with Gasteiger partial charge in [-0.05, 0) is 42.8 Å². The zero-order chi connectivity index (χ0) is 19.9. The van der Waals surface area contributed by atoms with Gasteiger partial charge in [0.15, 0.2) is 4.34 Å². The quantitative estimate of drug-likeness (QED) is 0.490. The third-order valence-corrected chi connectivity index (χ3v) is 6.14. The van der Waals surface area contributed by atoms with Crippen LogP contribution in [0.15, 0.2) is 52.9 Å². The highest BCUT2D eigenvalue weighted by Crippen LogP contribution is 2.28. The molecule has 1 atom stereocenters. The maximum atomic E-state index is 12.2. The first-order valence-corrected chi connectivity index (χ1v) is 10.6. The second-order valence-electron chi connectivity index (χ2n) is 5.83. The fourth-order valence-electron chi connectivity index (χ4n) is 2.43. The van der Waals surface area contributed by atoms with Gasteiger partial charge in [0, 0.05) is 10.7 Å². The predicted octanol–water partition coefficient (Wildman–Crippen LogP) is 4.91. The number of ether oxygens (including phenoxy) is 1. The Hall–Kier alpha value is -2.29. The number of halogens is 1. The van der Waals surface area contributed by atoms with E-state index in [1.807, 2.05) is 55.5 Å². The first-order valence-electron chi connectivity index (χ1n) is 8.46. The molecule has 28 heavy (non-hydrogen) atoms. The van der Waals surface area contributed by atoms with Crippen molar-refractivity contribution in [2.45, 2.75) is 17.3 Å². The van der Waals surface area contributed by atoms with Crippen LogP contribution in [0.3, 0.4) is 0 Å². The zero-order valence-corrected chi connectivity index (χ0v) is 17.7. The van der Waals surface area contributed by atoms with Gasteiger partial charge >= 0.3 is 0 Å². The third kappa shape index (κ3) is 5.60. The molecule has 0 fully saturated rings. The predicted molar refractivity (Wildman–Crippen MR) is 115 cm³/mol. The number of thioether (sulfide) groups is 1. The topological polar surface area (TPSA) is 76.1 Å². The van der Waals surface area contributed by atoms with Crippen molar-refractivity contribution < 1.29 is 9.53 Å². The standard InChI is InChI=1S/C19H19ClN4O2S2/c1-12(15-5-3-4-6-16(15)20)21-17(25)11-27-19-24-23-18(28-19)22-13-7-9-14(26-2)10-8-13/h3-10,12H,11H2,1-2H3,(H,21,25)(H,22,23). The number of nitrogens with one attached hydrogen (secondary N) is 2. The van der Waals surface area contributed by atoms with Crippen molar-refractivity contribution in [3.05, 3.63) is 59.1 Å². The van der Waals surface area contributed by atoms with Crippen LogP contribution in [0.2, 0.25) is 5.02 Å². The summed E-state index contributed by atoms with van der Waals surface area (Å²) in [6.45, 7) is 1.91. The molecule has 0 saturated heterocycles. The Bertz CT molecular complexity index is 934. The van der Waals surface area contributed by atoms with Crippen LogP contribution in [0.4, 0.5) is 10.8 Å². The van der Waals surface area contributed by atoms with Gasteiger partial charge in [-0.2, -0.15) is 0 Å². The van der Waals surface area contributed by atoms with E-state index in [1.165, 1.54) is 23.1 Å². The molecule has 0 aliphatic rings. The highest BCUT2D eigenvalue weighted by atomic mass is 35.5. The minimum Gasteiger partial charge on any atom is -0.497 e. The van der Waals surface area contributed by atoms with Crippen LogP contribution in [0.5, 0.6) is 5.75 Å². The number of methoxy groups -OCH3 is 1. The maximum absolute atomic E-state index is 12.2. The number of aromatic nitrogens is 2. The highest BCUT2D eigenvalue weighted by molar-refractivity contribution is 8.01. The Balaban J connectivity index is 1.49. The van der Waals surface area contributed by atoms with Gasteiger partial charge in [0.25, 0.3) is 0 Å². The maximum Gasteiger partial charge on any atom is 0.230 e. The molecule has 2 N–H and O–H groups in total. The van der Waals surface area contributed by atoms with Crippen molar-refractivity contribution in [1.82, 2.24) is 15.5 Å². The van der Waals surface area contributed by atoms with Gasteiger partial charge in [0.2, 0.25) is 11.0 Å². The second kappa shape index (κ2) is 9.77. The molecule has 1 amide bonds. The van der Waals surface area contributed by atoms with E-state index in [2.05, 4.69) is 20.8 Å². The summed E-state index contributed by atoms with van der Waals surface area (Å²) in [6, 6.07) is 14.8. The molecule has 2 aromatic carbocycles. The van der Waals surface area contributed by atoms with Gasteiger partial charge in [0.05, 0.1) is 18.9 Å². The molecule has 3 rings (SSSR count). The average Bonchev–Trinajstić information content (AvgIpc) is 3.14. The molecular formula is C19H19ClN4O2S2. The summed E-state index contributed by atoms with van der Waals surface area (Å²) in [5.74, 6) is 0.958. The number of amides is 1. The van der Waals surface area contributed by atoms with Crippen LogP contribution in [-0.2, 0) is 4.79 Å². The number of carbonyl (C=O) groups excluding carboxylic acids is 1. The van der Waals surface area contributed by atoms with E-state index in [9.17, 15) is 4.79 Å². The molecule has 6 nitrogen and oxygen atoms in total. The molecule has 9 heteroatoms. The van der Waals surface area contributed by atoms with Gasteiger partial charge in [-0.3, -0.25) is 4.79 Å². The molecule has 146 valence electrons. The van der Waals surface area contributed by atoms with Gasteiger partial charge < -0.3 is 15.4 Å². The number of benzene rings is 2. The van der Waals surface area contributed by atoms with E-state index in [1.54, 1.807) is 7.11 Å². The fourth-order valence-corrected chi connectivity index (χ4v) is 4.31. The van der Waals surface area contributed by atoms with Crippen LogP contribution in [0.1, 0.15) is 18.5 Å². The molecule has 0 saturated carbocycles. The summed E-state index contributed by atoms with van der Waals surface area (Å²) in [6.07, 6.45) is 0. The zero-order valence-electron chi connectivity index (χ0n) is 15.3. The SMILES string of the molecule is COc1ccc(Nc2nnc(SCC(=O)NC(C)c3ccccc3Cl)s2)cc1. The summed E-state index contributed by atoms with van der Waals surface area (Å²) in [5, 5.41) is 15.7. The second-order valence-corrected chi connectivity index (χ2v) is 8.43. The van der Waals surface area contributed by atoms with Crippen LogP contribution < -0.4 is 15.4 Å². The summed E-state index contributed by atoms with van der Waals surface area (Å²) >= 11 is 8.92. The molecule has 1 heterocycles. The first kappa shape index (κ1) is 20.4. The Kier molecular flexibility index (Phi) is 7.13. The van der Waals surface area contributed by atoms with Crippen molar-refractivity contribution in [2.75, 3.05) is 18.2 Å². The average molecular weight is 435 g/mol. The monoisotopic (exact) mass is 434 g/mol. The van der Waals surface area contributed by atoms with E-state index in [0.717, 1.165) is 21.3 Å². The Morgan fingerprint density at radius 1 is 1.21 bits per heavy atom. The molecule has 0 aliphatic heterocycles. The normalized spacial score (nSPS) is 11.7. The lowest BCUT2D eigenvalue weighted by molar-refractivity contribution is -0.119. The number of hydrogen-bond donors (Lipinski definition) is 2. The molecule has 0 spiro atoms. The van der Waals surface area contributed by atoms with E-state index in [0.29, 0.717) is 10.2 Å². The van der Waals surface area contributed by atoms with Crippen LogP contribution in [0, 0.1) is 0 Å². The van der Waals surface area contributed by atoms with Crippen LogP contribution in [-0.4, -0.2) is 29.0 Å². The summed E-state index contributed by atoms with van der Waals surface area (Å²) < 4.78 is 5.86. The minimum absolute atomic E-state index is 0.0858. The molecule has 0 aliphatic carbocycles. The number of rotatable bonds is 8. The summed E-state index contributed by atoms with van der Waals surface area (Å²) in [5.41, 5.74) is 1.78. The number of carbonyl (C=O) groups is 1. The highest BCUT2D eigenvalue weighted by Gasteiger charge is 2.14. The number of hydrogen-bond acceptors (Lipinski definition) is 7. The fraction of sp³-hybridized carbons (Fsp3) is 0.211. The Morgan fingerprint density at radius 2 is 1.96 bits per heavy atom. The lowest BCUT2D eigenvalue weighted by atomic mass is 10.1. The summed E-state index contributed by atoms with van der Waals surface area (Å²) in [4.78, 5) is 12.2. The van der Waals surface area contributed by atoms with E-state index in [4.69, 9.17) is 16.3 Å². The number of nitrogens with zero attached hydrogens (tertiary/aromatic N) is 2. The van der Waals surface area contributed by atoms with Crippen LogP contribution >= 0.6 is 34.7 Å². The van der Waals surface area contributed by atoms with Crippen molar-refractivity contribution in [3.8, 4) is 5.75 Å². The van der Waals surface area contributed by atoms with Crippen molar-refractivity contribution in [1.29, 1.82) is 0 Å². The molecule has 0 radical (unpaired) electrons. The van der Waals surface area contributed by atoms with E-state index >= 15 is 0 Å². The molecule has 1 unspecified atom stereocenters. The smallest absolute Gasteiger partial charge is 0.230 e. The van der Waals surface area contributed by atoms with Gasteiger partial charge in [-0.15, -0.1) is 10.2 Å². The van der Waals surface area contributed by atoms with E-state index in [-0.39, 0.29) is 17.7 Å². The lowest BCUT2D eigenvalue weighted by Crippen LogP contribution is -2.28. The van der Waals surface area contributed by atoms with Crippen LogP contribution in [0.25, 0.3) is 0 Å². The minimum atomic E-state index is -0.163. The van der Waals surface area contributed by atoms with E-state index < -0.39 is 0 Å². The van der Waals surface area contributed by atoms with Gasteiger partial charge in [0.1, 0.15) is 5.75 Å². The Morgan fingerprint density at radius 3 is 2.68 bits per heavy atom. The lowest BCUT2D eigenvalue weighted by Gasteiger charge is -2.15. The number of anilines is 2. The molecule has 0 bridgehead atoms. The molecule has 3 aromatic rings. The Labute approximate surface area is 176 Å². The molecule has 1 aromatic heterocycles. The van der Waals surface area contributed by atoms with Crippen molar-refractivity contribution in [2.24, 2.45) is 0 Å². The largest absolute Gasteiger partial charge is 0.497 e. The first-order chi connectivity index (χ1) is 13.5. The third-order valence-electron chi connectivity index (χ3n) is 3.82.